The van der Waals surface area contributed by atoms with Gasteiger partial charge in [0.25, 0.3) is 0 Å². The summed E-state index contributed by atoms with van der Waals surface area (Å²) in [6.45, 7) is 0.826. The fourth-order valence-electron chi connectivity index (χ4n) is 1.94. The molecule has 0 fully saturated rings. The molecule has 6 heteroatoms. The number of nitro benzene ring substituents is 1. The molecular weight excluding hydrogens is 261 g/mol. The van der Waals surface area contributed by atoms with Crippen LogP contribution in [-0.4, -0.2) is 21.9 Å². The fourth-order valence-corrected chi connectivity index (χ4v) is 1.94. The number of nitrogens with zero attached hydrogens (tertiary/aromatic N) is 3. The topological polar surface area (TPSA) is 59.3 Å². The van der Waals surface area contributed by atoms with E-state index in [0.29, 0.717) is 12.1 Å². The first-order valence-electron chi connectivity index (χ1n) is 6.08. The summed E-state index contributed by atoms with van der Waals surface area (Å²) in [4.78, 5) is 16.0. The van der Waals surface area contributed by atoms with Crippen molar-refractivity contribution in [2.75, 3.05) is 7.05 Å². The molecule has 0 saturated heterocycles. The van der Waals surface area contributed by atoms with Gasteiger partial charge in [-0.15, -0.1) is 0 Å². The average molecular weight is 275 g/mol. The van der Waals surface area contributed by atoms with Gasteiger partial charge in [0.2, 0.25) is 5.82 Å². The minimum Gasteiger partial charge on any atom is -0.296 e. The molecule has 0 radical (unpaired) electrons. The Morgan fingerprint density at radius 1 is 1.25 bits per heavy atom. The predicted octanol–water partition coefficient (Wildman–Crippen LogP) is 2.76. The lowest BCUT2D eigenvalue weighted by Crippen LogP contribution is -2.18. The molecule has 1 aromatic heterocycles. The van der Waals surface area contributed by atoms with E-state index in [2.05, 4.69) is 4.98 Å². The molecule has 0 atom stereocenters. The Morgan fingerprint density at radius 3 is 2.70 bits per heavy atom. The number of benzene rings is 1. The Labute approximate surface area is 115 Å². The second-order valence-electron chi connectivity index (χ2n) is 4.50. The van der Waals surface area contributed by atoms with Gasteiger partial charge in [-0.05, 0) is 19.2 Å². The van der Waals surface area contributed by atoms with Crippen molar-refractivity contribution in [2.45, 2.75) is 13.1 Å². The summed E-state index contributed by atoms with van der Waals surface area (Å²) in [7, 11) is 1.81. The van der Waals surface area contributed by atoms with Crippen molar-refractivity contribution in [1.82, 2.24) is 9.88 Å². The van der Waals surface area contributed by atoms with Gasteiger partial charge in [-0.25, -0.2) is 0 Å². The first-order valence-corrected chi connectivity index (χ1v) is 6.08. The van der Waals surface area contributed by atoms with Crippen molar-refractivity contribution in [3.05, 3.63) is 69.8 Å². The zero-order valence-electron chi connectivity index (χ0n) is 11.0. The van der Waals surface area contributed by atoms with Crippen LogP contribution in [0.25, 0.3) is 0 Å². The number of aromatic nitrogens is 1. The standard InChI is InChI=1S/C14H14FN3O2/c1-17(10-12-6-2-3-8-16-12)9-11-5-4-7-13(14(11)15)18(19)20/h2-8H,9-10H2,1H3. The number of pyridine rings is 1. The quantitative estimate of drug-likeness (QED) is 0.622. The lowest BCUT2D eigenvalue weighted by Gasteiger charge is -2.16. The second kappa shape index (κ2) is 6.21. The van der Waals surface area contributed by atoms with Crippen LogP contribution in [0.2, 0.25) is 0 Å². The van der Waals surface area contributed by atoms with E-state index in [1.54, 1.807) is 12.3 Å². The molecule has 2 aromatic rings. The van der Waals surface area contributed by atoms with Crippen LogP contribution in [0, 0.1) is 15.9 Å². The highest BCUT2D eigenvalue weighted by Gasteiger charge is 2.17. The molecule has 104 valence electrons. The molecule has 1 heterocycles. The number of rotatable bonds is 5. The van der Waals surface area contributed by atoms with Crippen molar-refractivity contribution in [2.24, 2.45) is 0 Å². The SMILES string of the molecule is CN(Cc1ccccn1)Cc1cccc([N+](=O)[O-])c1F. The largest absolute Gasteiger partial charge is 0.305 e. The lowest BCUT2D eigenvalue weighted by atomic mass is 10.1. The zero-order chi connectivity index (χ0) is 14.5. The van der Waals surface area contributed by atoms with E-state index in [9.17, 15) is 14.5 Å². The molecule has 2 rings (SSSR count). The van der Waals surface area contributed by atoms with Crippen LogP contribution in [0.1, 0.15) is 11.3 Å². The van der Waals surface area contributed by atoms with E-state index in [0.717, 1.165) is 11.8 Å². The third-order valence-electron chi connectivity index (χ3n) is 2.85. The van der Waals surface area contributed by atoms with E-state index in [-0.39, 0.29) is 6.54 Å². The molecule has 0 aliphatic heterocycles. The molecule has 0 spiro atoms. The summed E-state index contributed by atoms with van der Waals surface area (Å²) in [5.74, 6) is -0.773. The summed E-state index contributed by atoms with van der Waals surface area (Å²) in [5, 5.41) is 10.7. The first kappa shape index (κ1) is 14.1. The van der Waals surface area contributed by atoms with Crippen LogP contribution in [0.3, 0.4) is 0 Å². The van der Waals surface area contributed by atoms with E-state index in [1.807, 2.05) is 30.1 Å². The van der Waals surface area contributed by atoms with E-state index < -0.39 is 16.4 Å². The van der Waals surface area contributed by atoms with Crippen molar-refractivity contribution >= 4 is 5.69 Å². The van der Waals surface area contributed by atoms with E-state index >= 15 is 0 Å². The van der Waals surface area contributed by atoms with Crippen molar-refractivity contribution < 1.29 is 9.31 Å². The highest BCUT2D eigenvalue weighted by atomic mass is 19.1. The van der Waals surface area contributed by atoms with Gasteiger partial charge in [0, 0.05) is 30.9 Å². The van der Waals surface area contributed by atoms with Gasteiger partial charge in [0.1, 0.15) is 0 Å². The summed E-state index contributed by atoms with van der Waals surface area (Å²) >= 11 is 0. The summed E-state index contributed by atoms with van der Waals surface area (Å²) < 4.78 is 13.9. The molecule has 0 saturated carbocycles. The summed E-state index contributed by atoms with van der Waals surface area (Å²) in [6.07, 6.45) is 1.69. The van der Waals surface area contributed by atoms with E-state index in [1.165, 1.54) is 6.07 Å². The van der Waals surface area contributed by atoms with Crippen LogP contribution in [0.15, 0.2) is 42.6 Å². The summed E-state index contributed by atoms with van der Waals surface area (Å²) in [6, 6.07) is 9.79. The second-order valence-corrected chi connectivity index (χ2v) is 4.50. The van der Waals surface area contributed by atoms with Gasteiger partial charge in [-0.3, -0.25) is 20.0 Å². The van der Waals surface area contributed by atoms with Crippen molar-refractivity contribution in [1.29, 1.82) is 0 Å². The molecule has 0 unspecified atom stereocenters. The molecule has 0 N–H and O–H groups in total. The Bertz CT molecular complexity index is 605. The van der Waals surface area contributed by atoms with Crippen LogP contribution in [-0.2, 0) is 13.1 Å². The molecular formula is C14H14FN3O2. The number of hydrogen-bond acceptors (Lipinski definition) is 4. The minimum absolute atomic E-state index is 0.282. The highest BCUT2D eigenvalue weighted by Crippen LogP contribution is 2.21. The maximum Gasteiger partial charge on any atom is 0.305 e. The van der Waals surface area contributed by atoms with Crippen LogP contribution in [0.5, 0.6) is 0 Å². The molecule has 0 amide bonds. The minimum atomic E-state index is -0.773. The van der Waals surface area contributed by atoms with Gasteiger partial charge in [-0.2, -0.15) is 4.39 Å². The van der Waals surface area contributed by atoms with Crippen molar-refractivity contribution in [3.63, 3.8) is 0 Å². The van der Waals surface area contributed by atoms with Crippen LogP contribution < -0.4 is 0 Å². The maximum absolute atomic E-state index is 13.9. The van der Waals surface area contributed by atoms with Crippen LogP contribution >= 0.6 is 0 Å². The highest BCUT2D eigenvalue weighted by molar-refractivity contribution is 5.36. The van der Waals surface area contributed by atoms with Crippen molar-refractivity contribution in [3.8, 4) is 0 Å². The van der Waals surface area contributed by atoms with Gasteiger partial charge >= 0.3 is 5.69 Å². The van der Waals surface area contributed by atoms with Gasteiger partial charge < -0.3 is 0 Å². The molecule has 0 aliphatic carbocycles. The monoisotopic (exact) mass is 275 g/mol. The molecule has 1 aromatic carbocycles. The smallest absolute Gasteiger partial charge is 0.296 e. The Hall–Kier alpha value is -2.34. The van der Waals surface area contributed by atoms with Crippen LogP contribution in [0.4, 0.5) is 10.1 Å². The Kier molecular flexibility index (Phi) is 4.37. The molecule has 5 nitrogen and oxygen atoms in total. The number of halogens is 1. The Balaban J connectivity index is 2.10. The zero-order valence-corrected chi connectivity index (χ0v) is 11.0. The number of hydrogen-bond donors (Lipinski definition) is 0. The normalized spacial score (nSPS) is 10.8. The third-order valence-corrected chi connectivity index (χ3v) is 2.85. The van der Waals surface area contributed by atoms with Gasteiger partial charge in [0.15, 0.2) is 0 Å². The fraction of sp³-hybridized carbons (Fsp3) is 0.214. The molecule has 0 aliphatic rings. The Morgan fingerprint density at radius 2 is 2.05 bits per heavy atom. The first-order chi connectivity index (χ1) is 9.58. The molecule has 0 bridgehead atoms. The number of nitro groups is 1. The van der Waals surface area contributed by atoms with Gasteiger partial charge in [0.05, 0.1) is 10.6 Å². The summed E-state index contributed by atoms with van der Waals surface area (Å²) in [5.41, 5.74) is 0.673. The lowest BCUT2D eigenvalue weighted by molar-refractivity contribution is -0.387. The van der Waals surface area contributed by atoms with E-state index in [4.69, 9.17) is 0 Å². The predicted molar refractivity (Wildman–Crippen MR) is 72.5 cm³/mol. The molecule has 20 heavy (non-hydrogen) atoms. The third kappa shape index (κ3) is 3.36. The maximum atomic E-state index is 13.9. The average Bonchev–Trinajstić information content (AvgIpc) is 2.42. The van der Waals surface area contributed by atoms with Gasteiger partial charge in [-0.1, -0.05) is 18.2 Å².